The van der Waals surface area contributed by atoms with Crippen LogP contribution in [0.1, 0.15) is 38.2 Å². The number of ether oxygens (including phenoxy) is 1. The monoisotopic (exact) mass is 461 g/mol. The van der Waals surface area contributed by atoms with Crippen LogP contribution in [0.25, 0.3) is 0 Å². The van der Waals surface area contributed by atoms with Crippen LogP contribution in [0.3, 0.4) is 0 Å². The summed E-state index contributed by atoms with van der Waals surface area (Å²) in [4.78, 5) is 6.95. The summed E-state index contributed by atoms with van der Waals surface area (Å²) < 4.78 is 18.8. The van der Waals surface area contributed by atoms with Gasteiger partial charge >= 0.3 is 0 Å². The number of guanidine groups is 1. The highest BCUT2D eigenvalue weighted by atomic mass is 127. The van der Waals surface area contributed by atoms with Crippen LogP contribution in [0.15, 0.2) is 29.3 Å². The van der Waals surface area contributed by atoms with Gasteiger partial charge in [-0.1, -0.05) is 19.1 Å². The summed E-state index contributed by atoms with van der Waals surface area (Å²) in [5, 5.41) is 0. The van der Waals surface area contributed by atoms with E-state index in [-0.39, 0.29) is 35.2 Å². The number of piperidine rings is 1. The predicted octanol–water partition coefficient (Wildman–Crippen LogP) is 3.54. The molecule has 1 aromatic carbocycles. The lowest BCUT2D eigenvalue weighted by molar-refractivity contribution is 0.0530. The minimum absolute atomic E-state index is 0. The maximum absolute atomic E-state index is 13.3. The molecule has 25 heavy (non-hydrogen) atoms. The summed E-state index contributed by atoms with van der Waals surface area (Å²) in [5.74, 6) is 1.11. The molecular formula is C19H29FIN3O. The van der Waals surface area contributed by atoms with E-state index in [0.29, 0.717) is 31.6 Å². The van der Waals surface area contributed by atoms with E-state index < -0.39 is 0 Å². The van der Waals surface area contributed by atoms with Gasteiger partial charge in [0.15, 0.2) is 5.96 Å². The van der Waals surface area contributed by atoms with Gasteiger partial charge < -0.3 is 15.4 Å². The summed E-state index contributed by atoms with van der Waals surface area (Å²) in [7, 11) is 0. The third-order valence-electron chi connectivity index (χ3n) is 5.43. The van der Waals surface area contributed by atoms with Crippen molar-refractivity contribution in [1.29, 1.82) is 0 Å². The molecule has 3 rings (SSSR count). The van der Waals surface area contributed by atoms with Gasteiger partial charge in [0.25, 0.3) is 0 Å². The highest BCUT2D eigenvalue weighted by Crippen LogP contribution is 2.35. The van der Waals surface area contributed by atoms with Crippen molar-refractivity contribution in [1.82, 2.24) is 4.90 Å². The summed E-state index contributed by atoms with van der Waals surface area (Å²) >= 11 is 0. The van der Waals surface area contributed by atoms with E-state index >= 15 is 0 Å². The van der Waals surface area contributed by atoms with Crippen LogP contribution in [-0.4, -0.2) is 43.7 Å². The van der Waals surface area contributed by atoms with Crippen molar-refractivity contribution < 1.29 is 9.13 Å². The van der Waals surface area contributed by atoms with Crippen molar-refractivity contribution in [3.05, 3.63) is 35.6 Å². The molecule has 0 bridgehead atoms. The van der Waals surface area contributed by atoms with Gasteiger partial charge in [-0.15, -0.1) is 24.0 Å². The number of likely N-dealkylation sites (tertiary alicyclic amines) is 1. The summed E-state index contributed by atoms with van der Waals surface area (Å²) in [6.45, 7) is 6.31. The molecule has 0 aliphatic carbocycles. The Morgan fingerprint density at radius 2 is 2.00 bits per heavy atom. The largest absolute Gasteiger partial charge is 0.381 e. The van der Waals surface area contributed by atoms with E-state index in [2.05, 4.69) is 11.8 Å². The maximum atomic E-state index is 13.3. The Labute approximate surface area is 167 Å². The first-order valence-electron chi connectivity index (χ1n) is 8.98. The molecule has 6 heteroatoms. The van der Waals surface area contributed by atoms with Crippen LogP contribution in [0.5, 0.6) is 0 Å². The van der Waals surface area contributed by atoms with Gasteiger partial charge in [-0.2, -0.15) is 0 Å². The molecular weight excluding hydrogens is 432 g/mol. The second-order valence-corrected chi connectivity index (χ2v) is 7.27. The molecule has 1 atom stereocenters. The van der Waals surface area contributed by atoms with Crippen LogP contribution >= 0.6 is 24.0 Å². The average molecular weight is 461 g/mol. The smallest absolute Gasteiger partial charge is 0.191 e. The van der Waals surface area contributed by atoms with Gasteiger partial charge in [-0.25, -0.2) is 4.39 Å². The fourth-order valence-electron chi connectivity index (χ4n) is 3.83. The van der Waals surface area contributed by atoms with E-state index in [1.807, 2.05) is 12.1 Å². The van der Waals surface area contributed by atoms with Crippen molar-refractivity contribution in [2.75, 3.05) is 32.8 Å². The van der Waals surface area contributed by atoms with Gasteiger partial charge in [0.2, 0.25) is 0 Å². The van der Waals surface area contributed by atoms with Gasteiger partial charge in [0, 0.05) is 31.7 Å². The molecule has 2 aliphatic heterocycles. The van der Waals surface area contributed by atoms with Crippen LogP contribution in [-0.2, 0) is 10.2 Å². The lowest BCUT2D eigenvalue weighted by Crippen LogP contribution is -2.45. The summed E-state index contributed by atoms with van der Waals surface area (Å²) in [6.07, 6.45) is 4.23. The molecule has 2 N–H and O–H groups in total. The molecule has 140 valence electrons. The Hall–Kier alpha value is -0.890. The number of rotatable bonds is 3. The summed E-state index contributed by atoms with van der Waals surface area (Å²) in [6, 6.07) is 6.84. The number of hydrogen-bond acceptors (Lipinski definition) is 2. The minimum Gasteiger partial charge on any atom is -0.381 e. The van der Waals surface area contributed by atoms with E-state index in [1.165, 1.54) is 25.0 Å². The number of aliphatic imine (C=N–C) groups is 1. The molecule has 4 nitrogen and oxygen atoms in total. The van der Waals surface area contributed by atoms with Crippen molar-refractivity contribution in [3.63, 3.8) is 0 Å². The third-order valence-corrected chi connectivity index (χ3v) is 5.43. The zero-order valence-corrected chi connectivity index (χ0v) is 17.2. The zero-order chi connectivity index (χ0) is 17.0. The Kier molecular flexibility index (Phi) is 7.49. The van der Waals surface area contributed by atoms with E-state index in [4.69, 9.17) is 15.5 Å². The second-order valence-electron chi connectivity index (χ2n) is 7.27. The first-order chi connectivity index (χ1) is 11.6. The molecule has 0 amide bonds. The molecule has 2 saturated heterocycles. The zero-order valence-electron chi connectivity index (χ0n) is 14.9. The lowest BCUT2D eigenvalue weighted by Gasteiger charge is -2.37. The number of benzene rings is 1. The summed E-state index contributed by atoms with van der Waals surface area (Å²) in [5.41, 5.74) is 7.31. The first kappa shape index (κ1) is 20.4. The quantitative estimate of drug-likeness (QED) is 0.426. The Morgan fingerprint density at radius 3 is 2.64 bits per heavy atom. The Balaban J connectivity index is 0.00000225. The van der Waals surface area contributed by atoms with Gasteiger partial charge in [0.05, 0.1) is 6.54 Å². The van der Waals surface area contributed by atoms with Crippen molar-refractivity contribution in [2.24, 2.45) is 16.6 Å². The molecule has 2 aliphatic rings. The minimum atomic E-state index is -0.203. The predicted molar refractivity (Wildman–Crippen MR) is 110 cm³/mol. The van der Waals surface area contributed by atoms with E-state index in [1.54, 1.807) is 0 Å². The normalized spacial score (nSPS) is 23.8. The molecule has 2 heterocycles. The highest BCUT2D eigenvalue weighted by Gasteiger charge is 2.34. The van der Waals surface area contributed by atoms with Gasteiger partial charge in [-0.05, 0) is 49.3 Å². The van der Waals surface area contributed by atoms with E-state index in [9.17, 15) is 4.39 Å². The second kappa shape index (κ2) is 9.16. The molecule has 0 saturated carbocycles. The lowest BCUT2D eigenvalue weighted by atomic mass is 9.74. The SMILES string of the molecule is CC1CCCN(C(N)=NCC2(c3ccc(F)cc3)CCOCC2)C1.I. The van der Waals surface area contributed by atoms with E-state index in [0.717, 1.165) is 31.5 Å². The fourth-order valence-corrected chi connectivity index (χ4v) is 3.83. The van der Waals surface area contributed by atoms with Crippen LogP contribution < -0.4 is 5.73 Å². The van der Waals surface area contributed by atoms with Crippen molar-refractivity contribution in [3.8, 4) is 0 Å². The Morgan fingerprint density at radius 1 is 1.32 bits per heavy atom. The standard InChI is InChI=1S/C19H28FN3O.HI/c1-15-3-2-10-23(13-15)18(21)22-14-19(8-11-24-12-9-19)16-4-6-17(20)7-5-16;/h4-7,15H,2-3,8-14H2,1H3,(H2,21,22);1H. The van der Waals surface area contributed by atoms with Gasteiger partial charge in [-0.3, -0.25) is 4.99 Å². The number of halogens is 2. The maximum Gasteiger partial charge on any atom is 0.191 e. The van der Waals surface area contributed by atoms with Crippen molar-refractivity contribution >= 4 is 29.9 Å². The molecule has 0 aromatic heterocycles. The van der Waals surface area contributed by atoms with Gasteiger partial charge in [0.1, 0.15) is 5.82 Å². The topological polar surface area (TPSA) is 50.8 Å². The van der Waals surface area contributed by atoms with Crippen LogP contribution in [0.4, 0.5) is 4.39 Å². The molecule has 0 radical (unpaired) electrons. The van der Waals surface area contributed by atoms with Crippen molar-refractivity contribution in [2.45, 2.75) is 38.0 Å². The highest BCUT2D eigenvalue weighted by molar-refractivity contribution is 14.0. The Bertz CT molecular complexity index is 573. The number of hydrogen-bond donors (Lipinski definition) is 1. The molecule has 0 spiro atoms. The first-order valence-corrected chi connectivity index (χ1v) is 8.98. The molecule has 1 aromatic rings. The number of nitrogens with two attached hydrogens (primary N) is 1. The number of nitrogens with zero attached hydrogens (tertiary/aromatic N) is 2. The molecule has 2 fully saturated rings. The molecule has 1 unspecified atom stereocenters. The van der Waals surface area contributed by atoms with Crippen LogP contribution in [0.2, 0.25) is 0 Å². The van der Waals surface area contributed by atoms with Crippen LogP contribution in [0, 0.1) is 11.7 Å². The fraction of sp³-hybridized carbons (Fsp3) is 0.632. The average Bonchev–Trinajstić information content (AvgIpc) is 2.61. The third kappa shape index (κ3) is 5.06.